The standard InChI is InChI=1S/C12H14F4N2O/c1-2-7(6-17)18-11(19)8-4-3-5-9(10(8)13)12(14,15)16/h3-5,7H,2,6,17H2,1H3,(H,18,19). The Labute approximate surface area is 107 Å². The maximum Gasteiger partial charge on any atom is 0.419 e. The molecule has 1 unspecified atom stereocenters. The Morgan fingerprint density at radius 1 is 1.42 bits per heavy atom. The molecule has 0 aliphatic rings. The first-order valence-corrected chi connectivity index (χ1v) is 5.67. The van der Waals surface area contributed by atoms with Crippen LogP contribution in [-0.2, 0) is 6.18 Å². The average Bonchev–Trinajstić information content (AvgIpc) is 2.34. The van der Waals surface area contributed by atoms with Crippen molar-refractivity contribution >= 4 is 5.91 Å². The molecule has 0 aromatic heterocycles. The van der Waals surface area contributed by atoms with Crippen molar-refractivity contribution in [2.24, 2.45) is 5.73 Å². The molecule has 3 nitrogen and oxygen atoms in total. The van der Waals surface area contributed by atoms with Gasteiger partial charge in [-0.25, -0.2) is 4.39 Å². The van der Waals surface area contributed by atoms with Crippen molar-refractivity contribution in [1.82, 2.24) is 5.32 Å². The maximum absolute atomic E-state index is 13.7. The van der Waals surface area contributed by atoms with Gasteiger partial charge in [0.1, 0.15) is 5.82 Å². The van der Waals surface area contributed by atoms with Crippen LogP contribution in [0.15, 0.2) is 18.2 Å². The van der Waals surface area contributed by atoms with E-state index in [1.54, 1.807) is 6.92 Å². The van der Waals surface area contributed by atoms with Crippen LogP contribution in [-0.4, -0.2) is 18.5 Å². The van der Waals surface area contributed by atoms with Crippen molar-refractivity contribution in [2.45, 2.75) is 25.6 Å². The number of halogens is 4. The summed E-state index contributed by atoms with van der Waals surface area (Å²) in [5.41, 5.74) is 3.26. The van der Waals surface area contributed by atoms with E-state index < -0.39 is 35.1 Å². The van der Waals surface area contributed by atoms with E-state index in [-0.39, 0.29) is 6.54 Å². The monoisotopic (exact) mass is 278 g/mol. The first kappa shape index (κ1) is 15.4. The van der Waals surface area contributed by atoms with Crippen LogP contribution in [0.2, 0.25) is 0 Å². The van der Waals surface area contributed by atoms with Crippen LogP contribution in [0, 0.1) is 5.82 Å². The molecule has 3 N–H and O–H groups in total. The normalized spacial score (nSPS) is 13.2. The highest BCUT2D eigenvalue weighted by Crippen LogP contribution is 2.32. The summed E-state index contributed by atoms with van der Waals surface area (Å²) in [4.78, 5) is 11.7. The van der Waals surface area contributed by atoms with Gasteiger partial charge in [0.15, 0.2) is 0 Å². The van der Waals surface area contributed by atoms with Crippen LogP contribution in [0.25, 0.3) is 0 Å². The summed E-state index contributed by atoms with van der Waals surface area (Å²) in [6.07, 6.45) is -4.33. The molecule has 0 bridgehead atoms. The Morgan fingerprint density at radius 2 is 2.05 bits per heavy atom. The van der Waals surface area contributed by atoms with Gasteiger partial charge in [-0.3, -0.25) is 4.79 Å². The van der Waals surface area contributed by atoms with E-state index in [4.69, 9.17) is 5.73 Å². The average molecular weight is 278 g/mol. The lowest BCUT2D eigenvalue weighted by atomic mass is 10.1. The SMILES string of the molecule is CCC(CN)NC(=O)c1cccc(C(F)(F)F)c1F. The number of hydrogen-bond acceptors (Lipinski definition) is 2. The van der Waals surface area contributed by atoms with Gasteiger partial charge in [-0.2, -0.15) is 13.2 Å². The third-order valence-electron chi connectivity index (χ3n) is 2.66. The molecule has 0 radical (unpaired) electrons. The molecule has 0 fully saturated rings. The molecule has 0 saturated carbocycles. The van der Waals surface area contributed by atoms with E-state index in [0.29, 0.717) is 12.5 Å². The zero-order valence-electron chi connectivity index (χ0n) is 10.2. The van der Waals surface area contributed by atoms with Gasteiger partial charge in [0.2, 0.25) is 0 Å². The van der Waals surface area contributed by atoms with Crippen LogP contribution in [0.5, 0.6) is 0 Å². The molecule has 1 atom stereocenters. The molecular weight excluding hydrogens is 264 g/mol. The topological polar surface area (TPSA) is 55.1 Å². The summed E-state index contributed by atoms with van der Waals surface area (Å²) >= 11 is 0. The minimum Gasteiger partial charge on any atom is -0.348 e. The summed E-state index contributed by atoms with van der Waals surface area (Å²) in [7, 11) is 0. The number of carbonyl (C=O) groups excluding carboxylic acids is 1. The number of alkyl halides is 3. The number of nitrogens with two attached hydrogens (primary N) is 1. The lowest BCUT2D eigenvalue weighted by molar-refractivity contribution is -0.140. The number of amides is 1. The molecular formula is C12H14F4N2O. The van der Waals surface area contributed by atoms with Gasteiger partial charge in [0.05, 0.1) is 11.1 Å². The number of benzene rings is 1. The van der Waals surface area contributed by atoms with Crippen LogP contribution >= 0.6 is 0 Å². The molecule has 7 heteroatoms. The second-order valence-corrected chi connectivity index (χ2v) is 3.98. The van der Waals surface area contributed by atoms with Crippen LogP contribution in [0.1, 0.15) is 29.3 Å². The van der Waals surface area contributed by atoms with Crippen molar-refractivity contribution in [1.29, 1.82) is 0 Å². The van der Waals surface area contributed by atoms with Gasteiger partial charge >= 0.3 is 6.18 Å². The zero-order valence-corrected chi connectivity index (χ0v) is 10.2. The summed E-state index contributed by atoms with van der Waals surface area (Å²) in [5.74, 6) is -2.47. The van der Waals surface area contributed by atoms with Crippen LogP contribution < -0.4 is 11.1 Å². The summed E-state index contributed by atoms with van der Waals surface area (Å²) in [6, 6.07) is 2.18. The first-order chi connectivity index (χ1) is 8.81. The molecule has 0 spiro atoms. The maximum atomic E-state index is 13.7. The number of hydrogen-bond donors (Lipinski definition) is 2. The highest BCUT2D eigenvalue weighted by molar-refractivity contribution is 5.94. The van der Waals surface area contributed by atoms with Crippen molar-refractivity contribution in [3.8, 4) is 0 Å². The molecule has 1 amide bonds. The number of nitrogens with one attached hydrogen (secondary N) is 1. The molecule has 0 heterocycles. The predicted molar refractivity (Wildman–Crippen MR) is 62.0 cm³/mol. The Hall–Kier alpha value is -1.63. The van der Waals surface area contributed by atoms with E-state index >= 15 is 0 Å². The minimum absolute atomic E-state index is 0.128. The lowest BCUT2D eigenvalue weighted by Gasteiger charge is -2.16. The Balaban J connectivity index is 3.05. The molecule has 0 aliphatic heterocycles. The smallest absolute Gasteiger partial charge is 0.348 e. The van der Waals surface area contributed by atoms with Gasteiger partial charge in [-0.1, -0.05) is 13.0 Å². The second-order valence-electron chi connectivity index (χ2n) is 3.98. The van der Waals surface area contributed by atoms with E-state index in [1.807, 2.05) is 0 Å². The highest BCUT2D eigenvalue weighted by atomic mass is 19.4. The van der Waals surface area contributed by atoms with E-state index in [0.717, 1.165) is 12.1 Å². The van der Waals surface area contributed by atoms with Gasteiger partial charge in [0.25, 0.3) is 5.91 Å². The molecule has 1 aromatic rings. The third-order valence-corrected chi connectivity index (χ3v) is 2.66. The summed E-state index contributed by atoms with van der Waals surface area (Å²) in [5, 5.41) is 2.38. The number of carbonyl (C=O) groups is 1. The number of rotatable bonds is 4. The van der Waals surface area contributed by atoms with Gasteiger partial charge in [-0.05, 0) is 18.6 Å². The first-order valence-electron chi connectivity index (χ1n) is 5.67. The second kappa shape index (κ2) is 6.01. The largest absolute Gasteiger partial charge is 0.419 e. The molecule has 1 aromatic carbocycles. The molecule has 1 rings (SSSR count). The third kappa shape index (κ3) is 3.66. The highest BCUT2D eigenvalue weighted by Gasteiger charge is 2.35. The van der Waals surface area contributed by atoms with Crippen molar-refractivity contribution in [2.75, 3.05) is 6.54 Å². The van der Waals surface area contributed by atoms with Gasteiger partial charge < -0.3 is 11.1 Å². The van der Waals surface area contributed by atoms with E-state index in [1.165, 1.54) is 0 Å². The molecule has 0 saturated heterocycles. The zero-order chi connectivity index (χ0) is 14.6. The lowest BCUT2D eigenvalue weighted by Crippen LogP contribution is -2.40. The molecule has 106 valence electrons. The van der Waals surface area contributed by atoms with Gasteiger partial charge in [-0.15, -0.1) is 0 Å². The van der Waals surface area contributed by atoms with E-state index in [9.17, 15) is 22.4 Å². The minimum atomic E-state index is -4.83. The van der Waals surface area contributed by atoms with Crippen molar-refractivity contribution in [3.63, 3.8) is 0 Å². The van der Waals surface area contributed by atoms with Gasteiger partial charge in [0, 0.05) is 12.6 Å². The molecule has 0 aliphatic carbocycles. The molecule has 19 heavy (non-hydrogen) atoms. The van der Waals surface area contributed by atoms with Crippen LogP contribution in [0.3, 0.4) is 0 Å². The summed E-state index contributed by atoms with van der Waals surface area (Å²) in [6.45, 7) is 1.88. The summed E-state index contributed by atoms with van der Waals surface area (Å²) < 4.78 is 51.2. The predicted octanol–water partition coefficient (Wildman–Crippen LogP) is 2.31. The van der Waals surface area contributed by atoms with E-state index in [2.05, 4.69) is 5.32 Å². The van der Waals surface area contributed by atoms with Crippen molar-refractivity contribution < 1.29 is 22.4 Å². The van der Waals surface area contributed by atoms with Crippen molar-refractivity contribution in [3.05, 3.63) is 35.1 Å². The Morgan fingerprint density at radius 3 is 2.53 bits per heavy atom. The Bertz CT molecular complexity index is 456. The quantitative estimate of drug-likeness (QED) is 0.830. The Kier molecular flexibility index (Phi) is 4.88. The fourth-order valence-corrected chi connectivity index (χ4v) is 1.52. The fraction of sp³-hybridized carbons (Fsp3) is 0.417. The fourth-order valence-electron chi connectivity index (χ4n) is 1.52. The van der Waals surface area contributed by atoms with Crippen LogP contribution in [0.4, 0.5) is 17.6 Å².